The highest BCUT2D eigenvalue weighted by Gasteiger charge is 2.48. The maximum Gasteiger partial charge on any atom is 0.354 e. The lowest BCUT2D eigenvalue weighted by atomic mass is 10.2. The monoisotopic (exact) mass is 302 g/mol. The summed E-state index contributed by atoms with van der Waals surface area (Å²) in [6.07, 6.45) is 0.365. The van der Waals surface area contributed by atoms with E-state index >= 15 is 0 Å². The third kappa shape index (κ3) is 2.89. The van der Waals surface area contributed by atoms with Crippen molar-refractivity contribution in [1.29, 1.82) is 0 Å². The number of nitrogens with one attached hydrogen (secondary N) is 1. The average Bonchev–Trinajstić information content (AvgIpc) is 2.58. The third-order valence-electron chi connectivity index (χ3n) is 2.57. The van der Waals surface area contributed by atoms with E-state index in [1.165, 1.54) is 28.4 Å². The van der Waals surface area contributed by atoms with Crippen molar-refractivity contribution < 1.29 is 19.5 Å². The summed E-state index contributed by atoms with van der Waals surface area (Å²) in [7, 11) is 0. The third-order valence-corrected chi connectivity index (χ3v) is 5.13. The van der Waals surface area contributed by atoms with Crippen LogP contribution < -0.4 is 5.32 Å². The number of fused-ring (bicyclic) bond motifs is 1. The van der Waals surface area contributed by atoms with Gasteiger partial charge in [-0.1, -0.05) is 11.8 Å². The van der Waals surface area contributed by atoms with Gasteiger partial charge in [-0.05, 0) is 13.8 Å². The van der Waals surface area contributed by atoms with Crippen molar-refractivity contribution in [1.82, 2.24) is 10.2 Å². The first-order valence-electron chi connectivity index (χ1n) is 5.78. The summed E-state index contributed by atoms with van der Waals surface area (Å²) in [6.45, 7) is 3.72. The van der Waals surface area contributed by atoms with E-state index in [-0.39, 0.29) is 34.7 Å². The Bertz CT molecular complexity index is 475. The van der Waals surface area contributed by atoms with Crippen LogP contribution in [0.15, 0.2) is 9.93 Å². The Hall–Kier alpha value is -1.15. The summed E-state index contributed by atoms with van der Waals surface area (Å²) in [6, 6.07) is 0.0544. The van der Waals surface area contributed by atoms with E-state index in [1.54, 1.807) is 0 Å². The van der Waals surface area contributed by atoms with Gasteiger partial charge < -0.3 is 10.4 Å². The Morgan fingerprint density at radius 1 is 1.58 bits per heavy atom. The summed E-state index contributed by atoms with van der Waals surface area (Å²) >= 11 is 2.52. The molecular formula is C11H14N2O4S2. The summed E-state index contributed by atoms with van der Waals surface area (Å²) in [5.41, 5.74) is 0.0218. The van der Waals surface area contributed by atoms with Gasteiger partial charge >= 0.3 is 5.97 Å². The number of carbonyl (C=O) groups excluding carboxylic acids is 2. The molecule has 1 fully saturated rings. The first-order chi connectivity index (χ1) is 8.90. The fourth-order valence-corrected chi connectivity index (χ4v) is 4.36. The standard InChI is InChI=1S/C11H14N2O4S2/c1-5(2)12-6(14)4-18-11-9(10(16)17)13-7(15)3-8(13)19-11/h5,8H,3-4H2,1-2H3,(H,12,14)(H,16,17)/t8-/m1/s1. The van der Waals surface area contributed by atoms with Crippen LogP contribution in [0.3, 0.4) is 0 Å². The summed E-state index contributed by atoms with van der Waals surface area (Å²) < 4.78 is 0.544. The molecule has 2 aliphatic heterocycles. The minimum absolute atomic E-state index is 0.0218. The molecule has 2 rings (SSSR count). The molecule has 1 atom stereocenters. The topological polar surface area (TPSA) is 86.7 Å². The van der Waals surface area contributed by atoms with Gasteiger partial charge in [0.2, 0.25) is 11.8 Å². The van der Waals surface area contributed by atoms with E-state index < -0.39 is 5.97 Å². The quantitative estimate of drug-likeness (QED) is 0.731. The van der Waals surface area contributed by atoms with Crippen LogP contribution in [0, 0.1) is 0 Å². The highest BCUT2D eigenvalue weighted by atomic mass is 32.2. The van der Waals surface area contributed by atoms with E-state index in [0.717, 1.165) is 0 Å². The Balaban J connectivity index is 2.01. The van der Waals surface area contributed by atoms with Crippen molar-refractivity contribution in [3.63, 3.8) is 0 Å². The number of rotatable bonds is 5. The molecule has 0 aromatic carbocycles. The van der Waals surface area contributed by atoms with Crippen LogP contribution >= 0.6 is 23.5 Å². The maximum atomic E-state index is 11.5. The second-order valence-electron chi connectivity index (χ2n) is 4.49. The van der Waals surface area contributed by atoms with Gasteiger partial charge in [-0.25, -0.2) is 4.79 Å². The Morgan fingerprint density at radius 3 is 2.79 bits per heavy atom. The average molecular weight is 302 g/mol. The number of hydrogen-bond acceptors (Lipinski definition) is 5. The number of nitrogens with zero attached hydrogens (tertiary/aromatic N) is 1. The SMILES string of the molecule is CC(C)NC(=O)CSC1=C(C(=O)O)N2C(=O)C[C@H]2S1. The molecule has 2 heterocycles. The predicted octanol–water partition coefficient (Wildman–Crippen LogP) is 0.803. The molecule has 2 N–H and O–H groups in total. The zero-order valence-electron chi connectivity index (χ0n) is 10.5. The number of carboxylic acid groups (broad SMARTS) is 1. The lowest BCUT2D eigenvalue weighted by Gasteiger charge is -2.33. The molecule has 0 unspecified atom stereocenters. The zero-order chi connectivity index (χ0) is 14.2. The van der Waals surface area contributed by atoms with Crippen LogP contribution in [0.2, 0.25) is 0 Å². The minimum atomic E-state index is -1.12. The van der Waals surface area contributed by atoms with Gasteiger partial charge in [0.15, 0.2) is 5.70 Å². The van der Waals surface area contributed by atoms with Crippen molar-refractivity contribution >= 4 is 41.3 Å². The second-order valence-corrected chi connectivity index (χ2v) is 6.92. The molecule has 6 nitrogen and oxygen atoms in total. The number of hydrogen-bond donors (Lipinski definition) is 2. The van der Waals surface area contributed by atoms with Gasteiger partial charge in [0, 0.05) is 6.04 Å². The second kappa shape index (κ2) is 5.46. The molecule has 0 radical (unpaired) electrons. The highest BCUT2D eigenvalue weighted by molar-refractivity contribution is 8.23. The Kier molecular flexibility index (Phi) is 4.10. The number of aliphatic carboxylic acids is 1. The molecule has 0 aromatic heterocycles. The largest absolute Gasteiger partial charge is 0.477 e. The molecule has 0 aliphatic carbocycles. The van der Waals surface area contributed by atoms with E-state index in [1.807, 2.05) is 13.8 Å². The highest BCUT2D eigenvalue weighted by Crippen LogP contribution is 2.50. The van der Waals surface area contributed by atoms with Crippen LogP contribution in [0.4, 0.5) is 0 Å². The fourth-order valence-electron chi connectivity index (χ4n) is 1.82. The fraction of sp³-hybridized carbons (Fsp3) is 0.545. The molecule has 0 aromatic rings. The summed E-state index contributed by atoms with van der Waals surface area (Å²) in [5.74, 6) is -1.27. The number of carboxylic acids is 1. The van der Waals surface area contributed by atoms with Gasteiger partial charge in [0.05, 0.1) is 21.8 Å². The normalized spacial score (nSPS) is 21.5. The first-order valence-corrected chi connectivity index (χ1v) is 7.65. The van der Waals surface area contributed by atoms with Gasteiger partial charge in [0.25, 0.3) is 0 Å². The van der Waals surface area contributed by atoms with E-state index in [2.05, 4.69) is 5.32 Å². The van der Waals surface area contributed by atoms with Gasteiger partial charge in [-0.15, -0.1) is 11.8 Å². The Labute approximate surface area is 119 Å². The minimum Gasteiger partial charge on any atom is -0.477 e. The van der Waals surface area contributed by atoms with Crippen molar-refractivity contribution in [3.8, 4) is 0 Å². The number of thioether (sulfide) groups is 2. The number of amides is 2. The van der Waals surface area contributed by atoms with E-state index in [4.69, 9.17) is 5.11 Å². The van der Waals surface area contributed by atoms with Crippen molar-refractivity contribution in [2.45, 2.75) is 31.7 Å². The molecule has 1 saturated heterocycles. The van der Waals surface area contributed by atoms with Gasteiger partial charge in [-0.3, -0.25) is 14.5 Å². The lowest BCUT2D eigenvalue weighted by Crippen LogP contribution is -2.48. The van der Waals surface area contributed by atoms with Crippen LogP contribution in [0.25, 0.3) is 0 Å². The van der Waals surface area contributed by atoms with Crippen molar-refractivity contribution in [2.24, 2.45) is 0 Å². The smallest absolute Gasteiger partial charge is 0.354 e. The molecule has 19 heavy (non-hydrogen) atoms. The van der Waals surface area contributed by atoms with Crippen LogP contribution in [-0.4, -0.2) is 45.0 Å². The van der Waals surface area contributed by atoms with Crippen molar-refractivity contribution in [2.75, 3.05) is 5.75 Å². The van der Waals surface area contributed by atoms with Crippen molar-refractivity contribution in [3.05, 3.63) is 9.93 Å². The van der Waals surface area contributed by atoms with Crippen LogP contribution in [-0.2, 0) is 14.4 Å². The molecule has 0 spiro atoms. The Morgan fingerprint density at radius 2 is 2.26 bits per heavy atom. The first kappa shape index (κ1) is 14.3. The lowest BCUT2D eigenvalue weighted by molar-refractivity contribution is -0.145. The molecule has 8 heteroatoms. The van der Waals surface area contributed by atoms with E-state index in [0.29, 0.717) is 10.7 Å². The predicted molar refractivity (Wildman–Crippen MR) is 73.2 cm³/mol. The molecule has 104 valence electrons. The number of β-lactam (4-membered cyclic amide) rings is 1. The zero-order valence-corrected chi connectivity index (χ0v) is 12.1. The molecule has 0 saturated carbocycles. The van der Waals surface area contributed by atoms with E-state index in [9.17, 15) is 14.4 Å². The van der Waals surface area contributed by atoms with Crippen LogP contribution in [0.1, 0.15) is 20.3 Å². The molecular weight excluding hydrogens is 288 g/mol. The van der Waals surface area contributed by atoms with Gasteiger partial charge in [-0.2, -0.15) is 0 Å². The molecule has 2 amide bonds. The maximum absolute atomic E-state index is 11.5. The van der Waals surface area contributed by atoms with Crippen LogP contribution in [0.5, 0.6) is 0 Å². The molecule has 0 bridgehead atoms. The summed E-state index contributed by atoms with van der Waals surface area (Å²) in [5, 5.41) is 11.8. The van der Waals surface area contributed by atoms with Gasteiger partial charge in [0.1, 0.15) is 0 Å². The number of carbonyl (C=O) groups is 3. The summed E-state index contributed by atoms with van der Waals surface area (Å²) in [4.78, 5) is 35.4. The molecule has 2 aliphatic rings.